The number of hydrogen-bond acceptors (Lipinski definition) is 10. The highest BCUT2D eigenvalue weighted by Gasteiger charge is 2.35. The number of benzene rings is 2. The van der Waals surface area contributed by atoms with E-state index in [1.807, 2.05) is 74.5 Å². The Morgan fingerprint density at radius 3 is 1.95 bits per heavy atom. The Morgan fingerprint density at radius 1 is 0.800 bits per heavy atom. The Balaban J connectivity index is 1.71. The minimum absolute atomic E-state index is 0.0408. The highest BCUT2D eigenvalue weighted by molar-refractivity contribution is 6.03. The third-order valence-corrected chi connectivity index (χ3v) is 10.1. The van der Waals surface area contributed by atoms with Crippen LogP contribution in [0.2, 0.25) is 0 Å². The highest BCUT2D eigenvalue weighted by atomic mass is 16.5. The number of nitrogens with zero attached hydrogens (tertiary/aromatic N) is 1. The average Bonchev–Trinajstić information content (AvgIpc) is 3.17. The van der Waals surface area contributed by atoms with Crippen LogP contribution >= 0.6 is 0 Å². The number of rotatable bonds is 23. The molecule has 2 aromatic carbocycles. The molecule has 55 heavy (non-hydrogen) atoms. The molecule has 1 unspecified atom stereocenters. The number of ether oxygens (including phenoxy) is 1. The number of esters is 1. The maximum atomic E-state index is 14.1. The van der Waals surface area contributed by atoms with Gasteiger partial charge in [0, 0.05) is 31.8 Å². The number of unbranched alkanes of at least 4 members (excludes halogenated alkanes) is 1. The Labute approximate surface area is 325 Å². The van der Waals surface area contributed by atoms with Crippen LogP contribution in [-0.2, 0) is 46.3 Å². The van der Waals surface area contributed by atoms with Crippen molar-refractivity contribution in [2.24, 2.45) is 35.0 Å². The number of Topliss-reactive ketones (excluding diaryl/α,β-unsaturated/α-hetero) is 2. The third kappa shape index (κ3) is 15.3. The monoisotopic (exact) mass is 762 g/mol. The molecular formula is C42H62N6O7. The van der Waals surface area contributed by atoms with Gasteiger partial charge >= 0.3 is 5.97 Å². The number of carbonyl (C=O) groups is 6. The van der Waals surface area contributed by atoms with Crippen LogP contribution in [-0.4, -0.2) is 90.6 Å². The quantitative estimate of drug-likeness (QED) is 0.0634. The number of ketones is 2. The second-order valence-corrected chi connectivity index (χ2v) is 15.1. The number of amides is 3. The lowest BCUT2D eigenvalue weighted by molar-refractivity contribution is -0.147. The molecular weight excluding hydrogens is 700 g/mol. The van der Waals surface area contributed by atoms with Gasteiger partial charge in [-0.2, -0.15) is 0 Å². The zero-order chi connectivity index (χ0) is 40.3. The lowest BCUT2D eigenvalue weighted by Gasteiger charge is -2.35. The molecule has 13 nitrogen and oxygen atoms in total. The molecule has 2 aromatic rings. The van der Waals surface area contributed by atoms with Crippen LogP contribution in [0.1, 0.15) is 83.3 Å². The molecule has 3 amide bonds. The van der Waals surface area contributed by atoms with Gasteiger partial charge in [0.15, 0.2) is 17.6 Å². The van der Waals surface area contributed by atoms with E-state index in [1.54, 1.807) is 11.8 Å². The maximum absolute atomic E-state index is 14.1. The van der Waals surface area contributed by atoms with Crippen LogP contribution in [0.15, 0.2) is 60.7 Å². The summed E-state index contributed by atoms with van der Waals surface area (Å²) in [6, 6.07) is 14.8. The maximum Gasteiger partial charge on any atom is 0.330 e. The molecule has 0 aromatic heterocycles. The number of piperidine rings is 1. The first-order valence-corrected chi connectivity index (χ1v) is 19.7. The number of hydrogen-bond donors (Lipinski definition) is 5. The molecule has 8 N–H and O–H groups in total. The van der Waals surface area contributed by atoms with Gasteiger partial charge in [0.2, 0.25) is 17.7 Å². The number of likely N-dealkylation sites (tertiary alicyclic amines) is 1. The molecule has 0 aliphatic carbocycles. The van der Waals surface area contributed by atoms with Crippen molar-refractivity contribution >= 4 is 35.3 Å². The molecule has 3 rings (SSSR count). The van der Waals surface area contributed by atoms with Crippen molar-refractivity contribution in [3.05, 3.63) is 71.8 Å². The fraction of sp³-hybridized carbons (Fsp3) is 0.571. The fourth-order valence-corrected chi connectivity index (χ4v) is 6.96. The van der Waals surface area contributed by atoms with Crippen LogP contribution in [0, 0.1) is 17.8 Å². The summed E-state index contributed by atoms with van der Waals surface area (Å²) < 4.78 is 4.88. The molecule has 0 radical (unpaired) electrons. The Morgan fingerprint density at radius 2 is 1.38 bits per heavy atom. The van der Waals surface area contributed by atoms with Crippen molar-refractivity contribution in [2.45, 2.75) is 109 Å². The molecule has 1 fully saturated rings. The van der Waals surface area contributed by atoms with Crippen molar-refractivity contribution in [2.75, 3.05) is 26.2 Å². The van der Waals surface area contributed by atoms with Gasteiger partial charge in [-0.1, -0.05) is 74.5 Å². The molecule has 1 heterocycles. The Bertz CT molecular complexity index is 1530. The SMILES string of the molecule is CCOC(=O)C(N)C(=O)CC1CCN(C(=O)[C@@H](CCCCN)NC(=O)[C@H](CC(=O)[C@@H](Cc2ccccc2)NC(=O)[C@H](N)Cc2ccccc2)CC(C)C)CC1. The number of carbonyl (C=O) groups excluding carboxylic acids is 6. The zero-order valence-electron chi connectivity index (χ0n) is 32.8. The predicted octanol–water partition coefficient (Wildman–Crippen LogP) is 2.61. The number of nitrogens with one attached hydrogen (secondary N) is 2. The molecule has 302 valence electrons. The smallest absolute Gasteiger partial charge is 0.330 e. The van der Waals surface area contributed by atoms with E-state index in [-0.39, 0.29) is 55.2 Å². The van der Waals surface area contributed by atoms with Crippen LogP contribution in [0.25, 0.3) is 0 Å². The second-order valence-electron chi connectivity index (χ2n) is 15.1. The van der Waals surface area contributed by atoms with Crippen molar-refractivity contribution in [1.82, 2.24) is 15.5 Å². The molecule has 13 heteroatoms. The first-order chi connectivity index (χ1) is 26.3. The molecule has 0 saturated carbocycles. The van der Waals surface area contributed by atoms with Crippen LogP contribution in [0.4, 0.5) is 0 Å². The summed E-state index contributed by atoms with van der Waals surface area (Å²) in [6.45, 7) is 6.93. The van der Waals surface area contributed by atoms with Gasteiger partial charge in [-0.15, -0.1) is 0 Å². The number of nitrogens with two attached hydrogens (primary N) is 3. The van der Waals surface area contributed by atoms with Gasteiger partial charge in [-0.3, -0.25) is 24.0 Å². The minimum Gasteiger partial charge on any atom is -0.464 e. The Kier molecular flexibility index (Phi) is 19.2. The van der Waals surface area contributed by atoms with Crippen molar-refractivity contribution in [3.63, 3.8) is 0 Å². The molecule has 1 aliphatic heterocycles. The Hall–Kier alpha value is -4.46. The normalized spacial score (nSPS) is 16.0. The summed E-state index contributed by atoms with van der Waals surface area (Å²) in [7, 11) is 0. The lowest BCUT2D eigenvalue weighted by atomic mass is 9.87. The van der Waals surface area contributed by atoms with Gasteiger partial charge in [-0.05, 0) is 87.8 Å². The van der Waals surface area contributed by atoms with E-state index in [2.05, 4.69) is 10.6 Å². The van der Waals surface area contributed by atoms with Crippen LogP contribution < -0.4 is 27.8 Å². The van der Waals surface area contributed by atoms with Gasteiger partial charge in [0.05, 0.1) is 18.7 Å². The summed E-state index contributed by atoms with van der Waals surface area (Å²) in [5.74, 6) is -3.22. The largest absolute Gasteiger partial charge is 0.464 e. The van der Waals surface area contributed by atoms with Crippen LogP contribution in [0.5, 0.6) is 0 Å². The van der Waals surface area contributed by atoms with Gasteiger partial charge in [-0.25, -0.2) is 4.79 Å². The van der Waals surface area contributed by atoms with E-state index >= 15 is 0 Å². The molecule has 1 aliphatic rings. The topological polar surface area (TPSA) is 217 Å². The minimum atomic E-state index is -1.32. The van der Waals surface area contributed by atoms with Gasteiger partial charge in [0.1, 0.15) is 6.04 Å². The van der Waals surface area contributed by atoms with Crippen LogP contribution in [0.3, 0.4) is 0 Å². The van der Waals surface area contributed by atoms with E-state index in [9.17, 15) is 28.8 Å². The first kappa shape index (κ1) is 44.9. The lowest BCUT2D eigenvalue weighted by Crippen LogP contribution is -2.53. The van der Waals surface area contributed by atoms with Crippen molar-refractivity contribution in [1.29, 1.82) is 0 Å². The summed E-state index contributed by atoms with van der Waals surface area (Å²) in [6.07, 6.45) is 3.68. The predicted molar refractivity (Wildman–Crippen MR) is 211 cm³/mol. The summed E-state index contributed by atoms with van der Waals surface area (Å²) in [5.41, 5.74) is 19.6. The zero-order valence-corrected chi connectivity index (χ0v) is 32.8. The molecule has 5 atom stereocenters. The van der Waals surface area contributed by atoms with E-state index in [0.29, 0.717) is 64.6 Å². The van der Waals surface area contributed by atoms with E-state index < -0.39 is 47.9 Å². The highest BCUT2D eigenvalue weighted by Crippen LogP contribution is 2.24. The van der Waals surface area contributed by atoms with Crippen molar-refractivity contribution < 1.29 is 33.5 Å². The van der Waals surface area contributed by atoms with Crippen molar-refractivity contribution in [3.8, 4) is 0 Å². The fourth-order valence-electron chi connectivity index (χ4n) is 6.96. The van der Waals surface area contributed by atoms with E-state index in [4.69, 9.17) is 21.9 Å². The standard InChI is InChI=1S/C42H62N6O7/c1-4-55-42(54)38(45)37(50)26-31-18-21-48(22-19-31)41(53)34(17-11-12-20-43)46-39(51)32(23-28(2)3)27-36(49)35(25-30-15-9-6-10-16-30)47-40(52)33(44)24-29-13-7-5-8-14-29/h5-10,13-16,28,31-35,38H,4,11-12,17-27,43-45H2,1-3H3,(H,46,51)(H,47,52)/t32-,33+,34+,35+,38?/m0/s1. The third-order valence-electron chi connectivity index (χ3n) is 10.1. The summed E-state index contributed by atoms with van der Waals surface area (Å²) in [5, 5.41) is 5.87. The summed E-state index contributed by atoms with van der Waals surface area (Å²) >= 11 is 0. The second kappa shape index (κ2) is 23.5. The molecule has 0 bridgehead atoms. The van der Waals surface area contributed by atoms with E-state index in [0.717, 1.165) is 11.1 Å². The molecule has 0 spiro atoms. The first-order valence-electron chi connectivity index (χ1n) is 19.7. The molecule has 1 saturated heterocycles. The summed E-state index contributed by atoms with van der Waals surface area (Å²) in [4.78, 5) is 81.6. The van der Waals surface area contributed by atoms with E-state index in [1.165, 1.54) is 0 Å². The average molecular weight is 763 g/mol. The van der Waals surface area contributed by atoms with Gasteiger partial charge in [0.25, 0.3) is 0 Å². The van der Waals surface area contributed by atoms with Gasteiger partial charge < -0.3 is 37.5 Å².